The van der Waals surface area contributed by atoms with E-state index >= 15 is 0 Å². The molecule has 2 rings (SSSR count). The van der Waals surface area contributed by atoms with Crippen molar-refractivity contribution in [2.24, 2.45) is 0 Å². The fourth-order valence-corrected chi connectivity index (χ4v) is 2.50. The second kappa shape index (κ2) is 5.76. The van der Waals surface area contributed by atoms with Gasteiger partial charge in [0, 0.05) is 6.54 Å². The molecule has 0 aromatic heterocycles. The number of carbonyl (C=O) groups excluding carboxylic acids is 1. The smallest absolute Gasteiger partial charge is 0.410 e. The van der Waals surface area contributed by atoms with E-state index in [-0.39, 0.29) is 17.7 Å². The van der Waals surface area contributed by atoms with Gasteiger partial charge in [0.15, 0.2) is 0 Å². The first-order valence-corrected chi connectivity index (χ1v) is 7.11. The van der Waals surface area contributed by atoms with Crippen molar-refractivity contribution in [2.75, 3.05) is 6.54 Å². The zero-order valence-electron chi connectivity index (χ0n) is 12.6. The molecule has 1 N–H and O–H groups in total. The molecule has 1 amide bonds. The van der Waals surface area contributed by atoms with Gasteiger partial charge in [-0.3, -0.25) is 0 Å². The molecule has 5 heteroatoms. The Balaban J connectivity index is 2.14. The Morgan fingerprint density at radius 2 is 1.86 bits per heavy atom. The molecular formula is C16H21NO4. The van der Waals surface area contributed by atoms with Crippen molar-refractivity contribution >= 4 is 12.1 Å². The van der Waals surface area contributed by atoms with E-state index in [1.165, 1.54) is 0 Å². The molecule has 0 saturated carbocycles. The number of benzene rings is 1. The number of rotatable bonds is 2. The van der Waals surface area contributed by atoms with Gasteiger partial charge in [0.2, 0.25) is 0 Å². The highest BCUT2D eigenvalue weighted by Crippen LogP contribution is 2.33. The van der Waals surface area contributed by atoms with Crippen LogP contribution < -0.4 is 0 Å². The highest BCUT2D eigenvalue weighted by atomic mass is 16.6. The predicted octanol–water partition coefficient (Wildman–Crippen LogP) is 3.46. The van der Waals surface area contributed by atoms with E-state index in [4.69, 9.17) is 9.84 Å². The largest absolute Gasteiger partial charge is 0.478 e. The van der Waals surface area contributed by atoms with Crippen LogP contribution in [0.25, 0.3) is 0 Å². The number of likely N-dealkylation sites (tertiary alicyclic amines) is 1. The van der Waals surface area contributed by atoms with Gasteiger partial charge in [-0.25, -0.2) is 9.59 Å². The molecule has 1 aromatic rings. The number of hydrogen-bond donors (Lipinski definition) is 1. The molecule has 0 unspecified atom stereocenters. The maximum absolute atomic E-state index is 12.2. The van der Waals surface area contributed by atoms with Gasteiger partial charge in [0.25, 0.3) is 0 Å². The molecule has 1 fully saturated rings. The normalized spacial score (nSPS) is 18.6. The summed E-state index contributed by atoms with van der Waals surface area (Å²) >= 11 is 0. The van der Waals surface area contributed by atoms with Crippen LogP contribution in [0.2, 0.25) is 0 Å². The summed E-state index contributed by atoms with van der Waals surface area (Å²) < 4.78 is 5.43. The van der Waals surface area contributed by atoms with Crippen molar-refractivity contribution in [3.05, 3.63) is 35.4 Å². The minimum atomic E-state index is -0.947. The Morgan fingerprint density at radius 1 is 1.24 bits per heavy atom. The highest BCUT2D eigenvalue weighted by Gasteiger charge is 2.33. The molecule has 0 spiro atoms. The first-order chi connectivity index (χ1) is 9.78. The second-order valence-corrected chi connectivity index (χ2v) is 6.26. The third kappa shape index (κ3) is 3.74. The summed E-state index contributed by atoms with van der Waals surface area (Å²) in [6.07, 6.45) is 1.48. The molecule has 1 aliphatic heterocycles. The molecule has 1 aromatic carbocycles. The predicted molar refractivity (Wildman–Crippen MR) is 78.3 cm³/mol. The molecule has 1 atom stereocenters. The van der Waals surface area contributed by atoms with Crippen LogP contribution in [0.3, 0.4) is 0 Å². The minimum Gasteiger partial charge on any atom is -0.478 e. The average molecular weight is 291 g/mol. The number of amides is 1. The monoisotopic (exact) mass is 291 g/mol. The number of aromatic carboxylic acids is 1. The Morgan fingerprint density at radius 3 is 2.38 bits per heavy atom. The minimum absolute atomic E-state index is 0.0392. The lowest BCUT2D eigenvalue weighted by atomic mass is 10.0. The summed E-state index contributed by atoms with van der Waals surface area (Å²) in [5.41, 5.74) is 0.682. The van der Waals surface area contributed by atoms with Gasteiger partial charge in [0.1, 0.15) is 5.60 Å². The fourth-order valence-electron chi connectivity index (χ4n) is 2.50. The fraction of sp³-hybridized carbons (Fsp3) is 0.500. The van der Waals surface area contributed by atoms with Crippen LogP contribution in [0.15, 0.2) is 24.3 Å². The van der Waals surface area contributed by atoms with Gasteiger partial charge in [-0.1, -0.05) is 12.1 Å². The van der Waals surface area contributed by atoms with E-state index in [1.807, 2.05) is 20.8 Å². The van der Waals surface area contributed by atoms with Gasteiger partial charge < -0.3 is 14.7 Å². The Bertz CT molecular complexity index is 530. The average Bonchev–Trinajstić information content (AvgIpc) is 2.86. The lowest BCUT2D eigenvalue weighted by molar-refractivity contribution is 0.0224. The third-order valence-corrected chi connectivity index (χ3v) is 3.42. The molecule has 1 saturated heterocycles. The quantitative estimate of drug-likeness (QED) is 0.906. The van der Waals surface area contributed by atoms with Crippen LogP contribution in [0.1, 0.15) is 55.6 Å². The maximum Gasteiger partial charge on any atom is 0.410 e. The van der Waals surface area contributed by atoms with Gasteiger partial charge in [-0.2, -0.15) is 0 Å². The van der Waals surface area contributed by atoms with E-state index < -0.39 is 11.6 Å². The topological polar surface area (TPSA) is 66.8 Å². The summed E-state index contributed by atoms with van der Waals surface area (Å²) in [5, 5.41) is 8.92. The lowest BCUT2D eigenvalue weighted by Crippen LogP contribution is -2.36. The maximum atomic E-state index is 12.2. The van der Waals surface area contributed by atoms with Gasteiger partial charge >= 0.3 is 12.1 Å². The number of carboxylic acid groups (broad SMARTS) is 1. The Hall–Kier alpha value is -2.04. The Kier molecular flexibility index (Phi) is 4.21. The summed E-state index contributed by atoms with van der Waals surface area (Å²) in [7, 11) is 0. The molecule has 1 aliphatic rings. The summed E-state index contributed by atoms with van der Waals surface area (Å²) in [6, 6.07) is 6.66. The van der Waals surface area contributed by atoms with E-state index in [0.717, 1.165) is 18.4 Å². The number of nitrogens with zero attached hydrogens (tertiary/aromatic N) is 1. The second-order valence-electron chi connectivity index (χ2n) is 6.26. The third-order valence-electron chi connectivity index (χ3n) is 3.42. The van der Waals surface area contributed by atoms with Crippen LogP contribution >= 0.6 is 0 Å². The van der Waals surface area contributed by atoms with Crippen molar-refractivity contribution < 1.29 is 19.4 Å². The van der Waals surface area contributed by atoms with Crippen LogP contribution in [0, 0.1) is 0 Å². The van der Waals surface area contributed by atoms with E-state index in [9.17, 15) is 9.59 Å². The van der Waals surface area contributed by atoms with Crippen LogP contribution in [-0.2, 0) is 4.74 Å². The molecule has 21 heavy (non-hydrogen) atoms. The standard InChI is InChI=1S/C16H21NO4/c1-16(2,3)21-15(20)17-10-4-5-13(17)11-6-8-12(9-7-11)14(18)19/h6-9,13H,4-5,10H2,1-3H3,(H,18,19)/t13-/m0/s1. The van der Waals surface area contributed by atoms with Crippen molar-refractivity contribution in [1.82, 2.24) is 4.90 Å². The van der Waals surface area contributed by atoms with E-state index in [1.54, 1.807) is 29.2 Å². The van der Waals surface area contributed by atoms with Crippen molar-refractivity contribution in [3.8, 4) is 0 Å². The van der Waals surface area contributed by atoms with E-state index in [2.05, 4.69) is 0 Å². The first kappa shape index (κ1) is 15.4. The SMILES string of the molecule is CC(C)(C)OC(=O)N1CCC[C@H]1c1ccc(C(=O)O)cc1. The number of ether oxygens (including phenoxy) is 1. The van der Waals surface area contributed by atoms with Crippen molar-refractivity contribution in [2.45, 2.75) is 45.3 Å². The lowest BCUT2D eigenvalue weighted by Gasteiger charge is -2.28. The Labute approximate surface area is 124 Å². The molecule has 5 nitrogen and oxygen atoms in total. The molecule has 0 aliphatic carbocycles. The van der Waals surface area contributed by atoms with Gasteiger partial charge in [-0.05, 0) is 51.3 Å². The molecule has 1 heterocycles. The van der Waals surface area contributed by atoms with Gasteiger partial charge in [-0.15, -0.1) is 0 Å². The van der Waals surface area contributed by atoms with Crippen molar-refractivity contribution in [3.63, 3.8) is 0 Å². The zero-order valence-corrected chi connectivity index (χ0v) is 12.6. The van der Waals surface area contributed by atoms with Crippen molar-refractivity contribution in [1.29, 1.82) is 0 Å². The number of carbonyl (C=O) groups is 2. The summed E-state index contributed by atoms with van der Waals surface area (Å²) in [4.78, 5) is 24.8. The summed E-state index contributed by atoms with van der Waals surface area (Å²) in [6.45, 7) is 6.20. The van der Waals surface area contributed by atoms with Crippen LogP contribution in [-0.4, -0.2) is 34.2 Å². The van der Waals surface area contributed by atoms with Crippen LogP contribution in [0.4, 0.5) is 4.79 Å². The zero-order chi connectivity index (χ0) is 15.6. The number of hydrogen-bond acceptors (Lipinski definition) is 3. The highest BCUT2D eigenvalue weighted by molar-refractivity contribution is 5.87. The molecule has 0 bridgehead atoms. The summed E-state index contributed by atoms with van der Waals surface area (Å²) in [5.74, 6) is -0.947. The van der Waals surface area contributed by atoms with Crippen LogP contribution in [0.5, 0.6) is 0 Å². The molecule has 114 valence electrons. The first-order valence-electron chi connectivity index (χ1n) is 7.11. The number of carboxylic acids is 1. The molecule has 0 radical (unpaired) electrons. The van der Waals surface area contributed by atoms with Gasteiger partial charge in [0.05, 0.1) is 11.6 Å². The molecular weight excluding hydrogens is 270 g/mol. The van der Waals surface area contributed by atoms with E-state index in [0.29, 0.717) is 6.54 Å².